The molecule has 70 valence electrons. The second-order valence-electron chi connectivity index (χ2n) is 3.05. The molecule has 1 aromatic heterocycles. The lowest BCUT2D eigenvalue weighted by Gasteiger charge is -1.91. The molecule has 0 spiro atoms. The summed E-state index contributed by atoms with van der Waals surface area (Å²) in [5, 5.41) is 0. The van der Waals surface area contributed by atoms with Crippen molar-refractivity contribution in [2.24, 2.45) is 0 Å². The van der Waals surface area contributed by atoms with E-state index in [1.54, 1.807) is 6.20 Å². The quantitative estimate of drug-likeness (QED) is 0.780. The summed E-state index contributed by atoms with van der Waals surface area (Å²) in [6, 6.07) is 10.3. The van der Waals surface area contributed by atoms with Crippen LogP contribution in [-0.4, -0.2) is 9.97 Å². The van der Waals surface area contributed by atoms with E-state index in [0.717, 1.165) is 12.2 Å². The van der Waals surface area contributed by atoms with Crippen molar-refractivity contribution in [3.8, 4) is 0 Å². The van der Waals surface area contributed by atoms with Crippen molar-refractivity contribution < 1.29 is 0 Å². The smallest absolute Gasteiger partial charge is 0.109 e. The zero-order valence-electron chi connectivity index (χ0n) is 7.85. The molecule has 2 rings (SSSR count). The largest absolute Gasteiger partial charge is 0.348 e. The summed E-state index contributed by atoms with van der Waals surface area (Å²) in [7, 11) is 0. The van der Waals surface area contributed by atoms with Gasteiger partial charge in [-0.25, -0.2) is 4.98 Å². The molecule has 0 saturated heterocycles. The first-order chi connectivity index (χ1) is 6.95. The third kappa shape index (κ3) is 2.33. The van der Waals surface area contributed by atoms with Crippen LogP contribution in [0.2, 0.25) is 0 Å². The number of hydrogen-bond acceptors (Lipinski definition) is 1. The highest BCUT2D eigenvalue weighted by Gasteiger charge is 1.88. The van der Waals surface area contributed by atoms with Gasteiger partial charge in [-0.1, -0.05) is 42.5 Å². The fraction of sp³-hybridized carbons (Fsp3) is 0.0833. The second-order valence-corrected chi connectivity index (χ2v) is 3.05. The lowest BCUT2D eigenvalue weighted by molar-refractivity contribution is 1.06. The number of imidazole rings is 1. The fourth-order valence-electron chi connectivity index (χ4n) is 1.28. The molecule has 0 fully saturated rings. The Hall–Kier alpha value is -1.83. The molecule has 14 heavy (non-hydrogen) atoms. The van der Waals surface area contributed by atoms with Gasteiger partial charge in [0.15, 0.2) is 0 Å². The van der Waals surface area contributed by atoms with Gasteiger partial charge < -0.3 is 4.98 Å². The summed E-state index contributed by atoms with van der Waals surface area (Å²) >= 11 is 0. The van der Waals surface area contributed by atoms with Gasteiger partial charge in [0.25, 0.3) is 0 Å². The van der Waals surface area contributed by atoms with Gasteiger partial charge in [-0.15, -0.1) is 0 Å². The summed E-state index contributed by atoms with van der Waals surface area (Å²) in [4.78, 5) is 7.20. The summed E-state index contributed by atoms with van der Waals surface area (Å²) in [6.07, 6.45) is 8.66. The Balaban J connectivity index is 1.96. The van der Waals surface area contributed by atoms with E-state index in [1.807, 2.05) is 24.4 Å². The number of nitrogens with one attached hydrogen (secondary N) is 1. The van der Waals surface area contributed by atoms with Crippen LogP contribution in [0.25, 0.3) is 6.08 Å². The van der Waals surface area contributed by atoms with Crippen LogP contribution in [-0.2, 0) is 6.42 Å². The van der Waals surface area contributed by atoms with Crippen molar-refractivity contribution in [2.75, 3.05) is 0 Å². The molecule has 0 unspecified atom stereocenters. The third-order valence-electron chi connectivity index (χ3n) is 1.98. The van der Waals surface area contributed by atoms with E-state index in [4.69, 9.17) is 0 Å². The first kappa shape index (κ1) is 8.75. The minimum absolute atomic E-state index is 0.849. The molecular formula is C12H12N2. The van der Waals surface area contributed by atoms with Gasteiger partial charge in [-0.05, 0) is 5.56 Å². The molecule has 0 aliphatic heterocycles. The molecular weight excluding hydrogens is 172 g/mol. The second kappa shape index (κ2) is 4.42. The molecule has 2 heteroatoms. The molecule has 0 saturated carbocycles. The van der Waals surface area contributed by atoms with Gasteiger partial charge in [-0.3, -0.25) is 0 Å². The Morgan fingerprint density at radius 2 is 2.07 bits per heavy atom. The molecule has 2 nitrogen and oxygen atoms in total. The number of hydrogen-bond donors (Lipinski definition) is 1. The van der Waals surface area contributed by atoms with Gasteiger partial charge in [0.05, 0.1) is 0 Å². The molecule has 0 amide bonds. The monoisotopic (exact) mass is 184 g/mol. The van der Waals surface area contributed by atoms with Crippen molar-refractivity contribution in [3.63, 3.8) is 0 Å². The highest BCUT2D eigenvalue weighted by molar-refractivity contribution is 5.48. The van der Waals surface area contributed by atoms with Crippen molar-refractivity contribution in [3.05, 3.63) is 60.2 Å². The zero-order chi connectivity index (χ0) is 9.64. The molecule has 1 N–H and O–H groups in total. The Bertz CT molecular complexity index is 388. The van der Waals surface area contributed by atoms with Crippen LogP contribution in [0.3, 0.4) is 0 Å². The molecule has 0 bridgehead atoms. The van der Waals surface area contributed by atoms with Crippen LogP contribution >= 0.6 is 0 Å². The fourth-order valence-corrected chi connectivity index (χ4v) is 1.28. The third-order valence-corrected chi connectivity index (χ3v) is 1.98. The van der Waals surface area contributed by atoms with Crippen LogP contribution in [0.15, 0.2) is 48.8 Å². The molecule has 1 heterocycles. The molecule has 0 atom stereocenters. The van der Waals surface area contributed by atoms with E-state index in [1.165, 1.54) is 5.56 Å². The zero-order valence-corrected chi connectivity index (χ0v) is 7.85. The summed E-state index contributed by atoms with van der Waals surface area (Å²) < 4.78 is 0. The minimum Gasteiger partial charge on any atom is -0.348 e. The van der Waals surface area contributed by atoms with E-state index >= 15 is 0 Å². The Morgan fingerprint density at radius 3 is 2.79 bits per heavy atom. The van der Waals surface area contributed by atoms with E-state index in [-0.39, 0.29) is 0 Å². The highest BCUT2D eigenvalue weighted by atomic mass is 14.9. The summed E-state index contributed by atoms with van der Waals surface area (Å²) in [5.74, 6) is 0.997. The number of H-pyrrole nitrogens is 1. The van der Waals surface area contributed by atoms with Crippen LogP contribution in [0.1, 0.15) is 11.4 Å². The van der Waals surface area contributed by atoms with Crippen molar-refractivity contribution >= 4 is 6.08 Å². The number of aromatic nitrogens is 2. The topological polar surface area (TPSA) is 28.7 Å². The van der Waals surface area contributed by atoms with Crippen molar-refractivity contribution in [1.82, 2.24) is 9.97 Å². The maximum Gasteiger partial charge on any atom is 0.109 e. The normalized spacial score (nSPS) is 10.9. The average Bonchev–Trinajstić information content (AvgIpc) is 2.72. The average molecular weight is 184 g/mol. The van der Waals surface area contributed by atoms with Crippen LogP contribution in [0, 0.1) is 0 Å². The van der Waals surface area contributed by atoms with Gasteiger partial charge in [0, 0.05) is 18.8 Å². The van der Waals surface area contributed by atoms with E-state index in [2.05, 4.69) is 34.3 Å². The number of allylic oxidation sites excluding steroid dienone is 1. The number of rotatable bonds is 3. The molecule has 0 radical (unpaired) electrons. The first-order valence-electron chi connectivity index (χ1n) is 4.65. The number of nitrogens with zero attached hydrogens (tertiary/aromatic N) is 1. The minimum atomic E-state index is 0.849. The van der Waals surface area contributed by atoms with Gasteiger partial charge in [-0.2, -0.15) is 0 Å². The molecule has 0 aliphatic rings. The van der Waals surface area contributed by atoms with Gasteiger partial charge in [0.2, 0.25) is 0 Å². The Kier molecular flexibility index (Phi) is 2.76. The number of aromatic amines is 1. The van der Waals surface area contributed by atoms with Gasteiger partial charge >= 0.3 is 0 Å². The predicted molar refractivity (Wildman–Crippen MR) is 57.8 cm³/mol. The van der Waals surface area contributed by atoms with Gasteiger partial charge in [0.1, 0.15) is 5.82 Å². The summed E-state index contributed by atoms with van der Waals surface area (Å²) in [6.45, 7) is 0. The molecule has 2 aromatic rings. The van der Waals surface area contributed by atoms with Crippen LogP contribution < -0.4 is 0 Å². The first-order valence-corrected chi connectivity index (χ1v) is 4.65. The van der Waals surface area contributed by atoms with Crippen molar-refractivity contribution in [1.29, 1.82) is 0 Å². The van der Waals surface area contributed by atoms with Crippen molar-refractivity contribution in [2.45, 2.75) is 6.42 Å². The van der Waals surface area contributed by atoms with E-state index < -0.39 is 0 Å². The standard InChI is InChI=1S/C12H12N2/c1-2-5-11(6-3-1)7-4-8-12-13-9-10-14-12/h1-7,9-10H,8H2,(H,13,14). The predicted octanol–water partition coefficient (Wildman–Crippen LogP) is 2.67. The van der Waals surface area contributed by atoms with E-state index in [0.29, 0.717) is 0 Å². The maximum absolute atomic E-state index is 4.14. The molecule has 0 aliphatic carbocycles. The lowest BCUT2D eigenvalue weighted by atomic mass is 10.2. The summed E-state index contributed by atoms with van der Waals surface area (Å²) in [5.41, 5.74) is 1.22. The van der Waals surface area contributed by atoms with Crippen LogP contribution in [0.4, 0.5) is 0 Å². The van der Waals surface area contributed by atoms with Crippen LogP contribution in [0.5, 0.6) is 0 Å². The Morgan fingerprint density at radius 1 is 1.21 bits per heavy atom. The number of benzene rings is 1. The highest BCUT2D eigenvalue weighted by Crippen LogP contribution is 2.02. The SMILES string of the molecule is C(=Cc1ccccc1)Cc1ncc[nH]1. The molecule has 1 aromatic carbocycles. The van der Waals surface area contributed by atoms with E-state index in [9.17, 15) is 0 Å². The lowest BCUT2D eigenvalue weighted by Crippen LogP contribution is -1.82. The maximum atomic E-state index is 4.14. The Labute approximate surface area is 83.3 Å².